The van der Waals surface area contributed by atoms with Crippen molar-refractivity contribution in [3.8, 4) is 5.75 Å². The van der Waals surface area contributed by atoms with Crippen molar-refractivity contribution in [3.05, 3.63) is 67.6 Å². The van der Waals surface area contributed by atoms with E-state index in [4.69, 9.17) is 16.3 Å². The quantitative estimate of drug-likeness (QED) is 0.466. The molecule has 1 aliphatic rings. The summed E-state index contributed by atoms with van der Waals surface area (Å²) >= 11 is 9.35. The number of fused-ring (bicyclic) bond motifs is 2. The fraction of sp³-hybridized carbons (Fsp3) is 0.391. The van der Waals surface area contributed by atoms with Gasteiger partial charge in [-0.15, -0.1) is 0 Å². The second-order valence-electron chi connectivity index (χ2n) is 8.96. The SMILES string of the molecule is CC(C)(CC(O)(Cn1cc(Br)c(=O)c2cnccc21)C(F)(F)F)c1cc(Cl)cc2c1OCC2. The van der Waals surface area contributed by atoms with Crippen molar-refractivity contribution in [2.24, 2.45) is 0 Å². The van der Waals surface area contributed by atoms with Crippen LogP contribution in [-0.4, -0.2) is 33.0 Å². The second kappa shape index (κ2) is 8.29. The Labute approximate surface area is 201 Å². The summed E-state index contributed by atoms with van der Waals surface area (Å²) < 4.78 is 50.1. The summed E-state index contributed by atoms with van der Waals surface area (Å²) in [5, 5.41) is 11.7. The second-order valence-corrected chi connectivity index (χ2v) is 10.2. The highest BCUT2D eigenvalue weighted by Crippen LogP contribution is 2.47. The van der Waals surface area contributed by atoms with Crippen molar-refractivity contribution in [2.45, 2.75) is 50.4 Å². The molecule has 2 aromatic heterocycles. The topological polar surface area (TPSA) is 64.4 Å². The van der Waals surface area contributed by atoms with Crippen LogP contribution < -0.4 is 10.2 Å². The zero-order valence-corrected chi connectivity index (χ0v) is 20.2. The number of hydrogen-bond donors (Lipinski definition) is 1. The number of rotatable bonds is 5. The zero-order valence-electron chi connectivity index (χ0n) is 17.8. The van der Waals surface area contributed by atoms with Gasteiger partial charge in [0, 0.05) is 35.6 Å². The number of aromatic nitrogens is 2. The predicted molar refractivity (Wildman–Crippen MR) is 123 cm³/mol. The molecule has 0 spiro atoms. The normalized spacial score (nSPS) is 15.9. The van der Waals surface area contributed by atoms with Crippen LogP contribution in [0.4, 0.5) is 13.2 Å². The van der Waals surface area contributed by atoms with Gasteiger partial charge in [-0.2, -0.15) is 13.2 Å². The van der Waals surface area contributed by atoms with E-state index in [-0.39, 0.29) is 15.4 Å². The number of ether oxygens (including phenoxy) is 1. The van der Waals surface area contributed by atoms with Crippen LogP contribution in [0.15, 0.2) is 46.1 Å². The molecular formula is C23H21BrClF3N2O3. The summed E-state index contributed by atoms with van der Waals surface area (Å²) in [6, 6.07) is 4.79. The lowest BCUT2D eigenvalue weighted by Gasteiger charge is -2.39. The van der Waals surface area contributed by atoms with E-state index in [9.17, 15) is 23.1 Å². The summed E-state index contributed by atoms with van der Waals surface area (Å²) in [5.41, 5.74) is -3.06. The molecule has 1 unspecified atom stereocenters. The predicted octanol–water partition coefficient (Wildman–Crippen LogP) is 5.41. The highest BCUT2D eigenvalue weighted by atomic mass is 79.9. The fourth-order valence-corrected chi connectivity index (χ4v) is 5.16. The molecule has 0 radical (unpaired) electrons. The van der Waals surface area contributed by atoms with Gasteiger partial charge in [-0.1, -0.05) is 25.4 Å². The van der Waals surface area contributed by atoms with Gasteiger partial charge in [-0.05, 0) is 51.5 Å². The minimum absolute atomic E-state index is 0.0767. The van der Waals surface area contributed by atoms with Gasteiger partial charge in [-0.3, -0.25) is 9.78 Å². The summed E-state index contributed by atoms with van der Waals surface area (Å²) in [7, 11) is 0. The molecule has 4 rings (SSSR count). The van der Waals surface area contributed by atoms with E-state index in [1.807, 2.05) is 0 Å². The molecule has 1 N–H and O–H groups in total. The van der Waals surface area contributed by atoms with Crippen LogP contribution in [0.3, 0.4) is 0 Å². The Kier molecular flexibility index (Phi) is 6.04. The molecule has 0 aliphatic carbocycles. The molecule has 1 atom stereocenters. The van der Waals surface area contributed by atoms with Gasteiger partial charge >= 0.3 is 6.18 Å². The highest BCUT2D eigenvalue weighted by Gasteiger charge is 2.56. The van der Waals surface area contributed by atoms with Gasteiger partial charge in [0.25, 0.3) is 0 Å². The molecule has 0 saturated heterocycles. The molecule has 0 bridgehead atoms. The first kappa shape index (κ1) is 24.0. The molecule has 3 heterocycles. The number of benzene rings is 1. The lowest BCUT2D eigenvalue weighted by Crippen LogP contribution is -2.52. The fourth-order valence-electron chi connectivity index (χ4n) is 4.46. The van der Waals surface area contributed by atoms with Crippen molar-refractivity contribution in [2.75, 3.05) is 6.61 Å². The van der Waals surface area contributed by atoms with Crippen LogP contribution >= 0.6 is 27.5 Å². The van der Waals surface area contributed by atoms with Crippen molar-refractivity contribution < 1.29 is 23.0 Å². The van der Waals surface area contributed by atoms with E-state index < -0.39 is 35.6 Å². The summed E-state index contributed by atoms with van der Waals surface area (Å²) in [6.45, 7) is 2.86. The van der Waals surface area contributed by atoms with E-state index in [0.29, 0.717) is 29.4 Å². The Bertz CT molecular complexity index is 1290. The average Bonchev–Trinajstić information content (AvgIpc) is 3.18. The van der Waals surface area contributed by atoms with Crippen LogP contribution in [0.5, 0.6) is 5.75 Å². The maximum atomic E-state index is 14.4. The van der Waals surface area contributed by atoms with Gasteiger partial charge in [0.05, 0.1) is 28.5 Å². The molecule has 1 aliphatic heterocycles. The standard InChI is InChI=1S/C23H21BrClF3N2O3/c1-21(2,16-8-14(25)7-13-4-6-33-20(13)16)11-22(32,23(26,27)28)12-30-10-17(24)19(31)15-9-29-5-3-18(15)30/h3,5,7-10,32H,4,6,11-12H2,1-2H3. The van der Waals surface area contributed by atoms with Crippen LogP contribution in [0.2, 0.25) is 5.02 Å². The molecule has 10 heteroatoms. The number of nitrogens with zero attached hydrogens (tertiary/aromatic N) is 2. The number of hydrogen-bond acceptors (Lipinski definition) is 4. The van der Waals surface area contributed by atoms with Crippen molar-refractivity contribution >= 4 is 38.4 Å². The minimum atomic E-state index is -4.96. The molecular weight excluding hydrogens is 525 g/mol. The van der Waals surface area contributed by atoms with Crippen molar-refractivity contribution in [1.82, 2.24) is 9.55 Å². The Morgan fingerprint density at radius 1 is 1.30 bits per heavy atom. The van der Waals surface area contributed by atoms with Gasteiger partial charge in [0.2, 0.25) is 5.43 Å². The Morgan fingerprint density at radius 2 is 2.03 bits per heavy atom. The first-order valence-corrected chi connectivity index (χ1v) is 11.4. The molecule has 3 aromatic rings. The summed E-state index contributed by atoms with van der Waals surface area (Å²) in [4.78, 5) is 16.3. The van der Waals surface area contributed by atoms with E-state index in [1.165, 1.54) is 29.2 Å². The monoisotopic (exact) mass is 544 g/mol. The number of halogens is 5. The van der Waals surface area contributed by atoms with E-state index in [0.717, 1.165) is 5.56 Å². The lowest BCUT2D eigenvalue weighted by atomic mass is 9.74. The lowest BCUT2D eigenvalue weighted by molar-refractivity contribution is -0.271. The van der Waals surface area contributed by atoms with Crippen molar-refractivity contribution in [3.63, 3.8) is 0 Å². The molecule has 33 heavy (non-hydrogen) atoms. The zero-order chi connectivity index (χ0) is 24.2. The van der Waals surface area contributed by atoms with E-state index >= 15 is 0 Å². The average molecular weight is 546 g/mol. The Balaban J connectivity index is 1.80. The molecule has 0 amide bonds. The molecule has 176 valence electrons. The smallest absolute Gasteiger partial charge is 0.418 e. The maximum Gasteiger partial charge on any atom is 0.418 e. The number of pyridine rings is 2. The third-order valence-electron chi connectivity index (χ3n) is 6.01. The van der Waals surface area contributed by atoms with Gasteiger partial charge < -0.3 is 14.4 Å². The Morgan fingerprint density at radius 3 is 2.73 bits per heavy atom. The summed E-state index contributed by atoms with van der Waals surface area (Å²) in [5.74, 6) is 0.525. The van der Waals surface area contributed by atoms with Gasteiger partial charge in [0.15, 0.2) is 5.60 Å². The van der Waals surface area contributed by atoms with Crippen LogP contribution in [0.1, 0.15) is 31.4 Å². The summed E-state index contributed by atoms with van der Waals surface area (Å²) in [6.07, 6.45) is -1.06. The van der Waals surface area contributed by atoms with E-state index in [2.05, 4.69) is 20.9 Å². The van der Waals surface area contributed by atoms with Crippen LogP contribution in [0.25, 0.3) is 10.9 Å². The first-order chi connectivity index (χ1) is 15.3. The molecule has 5 nitrogen and oxygen atoms in total. The molecule has 1 aromatic carbocycles. The number of alkyl halides is 3. The van der Waals surface area contributed by atoms with Gasteiger partial charge in [0.1, 0.15) is 5.75 Å². The third kappa shape index (κ3) is 4.38. The third-order valence-corrected chi connectivity index (χ3v) is 6.79. The van der Waals surface area contributed by atoms with Crippen molar-refractivity contribution in [1.29, 1.82) is 0 Å². The molecule has 0 saturated carbocycles. The highest BCUT2D eigenvalue weighted by molar-refractivity contribution is 9.10. The maximum absolute atomic E-state index is 14.4. The first-order valence-electron chi connectivity index (χ1n) is 10.2. The van der Waals surface area contributed by atoms with Crippen LogP contribution in [-0.2, 0) is 18.4 Å². The minimum Gasteiger partial charge on any atom is -0.493 e. The van der Waals surface area contributed by atoms with E-state index in [1.54, 1.807) is 26.0 Å². The van der Waals surface area contributed by atoms with Gasteiger partial charge in [-0.25, -0.2) is 0 Å². The van der Waals surface area contributed by atoms with Crippen LogP contribution in [0, 0.1) is 0 Å². The Hall–Kier alpha value is -2.10. The molecule has 0 fully saturated rings. The largest absolute Gasteiger partial charge is 0.493 e. The number of aliphatic hydroxyl groups is 1.